The molecule has 1 aliphatic heterocycles. The number of aromatic nitrogens is 3. The molecule has 18 nitrogen and oxygen atoms in total. The Morgan fingerprint density at radius 1 is 0.887 bits per heavy atom. The average Bonchev–Trinajstić information content (AvgIpc) is 3.72. The fourth-order valence-electron chi connectivity index (χ4n) is 4.98. The summed E-state index contributed by atoms with van der Waals surface area (Å²) >= 11 is 6.09. The van der Waals surface area contributed by atoms with Crippen LogP contribution in [0.1, 0.15) is 58.1 Å². The van der Waals surface area contributed by atoms with Crippen LogP contribution in [0.15, 0.2) is 75.3 Å². The molecule has 4 heterocycles. The summed E-state index contributed by atoms with van der Waals surface area (Å²) in [5.74, 6) is -8.76. The van der Waals surface area contributed by atoms with Crippen LogP contribution < -0.4 is 20.7 Å². The Bertz CT molecular complexity index is 2230. The second kappa shape index (κ2) is 15.8. The van der Waals surface area contributed by atoms with Gasteiger partial charge in [-0.3, -0.25) is 28.5 Å². The topological polar surface area (TPSA) is 228 Å². The molecule has 1 aliphatic rings. The number of halogens is 2. The molecular formula is C33H25ClFN3O15. The number of carbonyl (C=O) groups excluding carboxylic acids is 6. The Hall–Kier alpha value is -6.47. The lowest BCUT2D eigenvalue weighted by Crippen LogP contribution is -2.48. The zero-order valence-electron chi connectivity index (χ0n) is 27.5. The van der Waals surface area contributed by atoms with Crippen LogP contribution in [-0.4, -0.2) is 74.8 Å². The van der Waals surface area contributed by atoms with Gasteiger partial charge in [0.25, 0.3) is 11.5 Å². The number of ether oxygens (including phenoxy) is 6. The predicted octanol–water partition coefficient (Wildman–Crippen LogP) is 2.24. The van der Waals surface area contributed by atoms with E-state index in [2.05, 4.69) is 4.98 Å². The van der Waals surface area contributed by atoms with Gasteiger partial charge in [0, 0.05) is 26.8 Å². The maximum absolute atomic E-state index is 15.2. The standard InChI is InChI=1S/C33H25ClFN3O15/c1-15(39)48-14-24-26(49-16(2)40)27(50-17(3)41)30(51-24)37-11-22(35)29(43)38(33(37)46)28(42)19-12-47-13-20(19)32(45)53-25-9-23(21(34)10-36-25)52-31(44)18-7-5-4-6-8-18/h4-13,24,26-27,30H,14H2,1-3H3/t24-,26-,27-,30-/m1/s1. The van der Waals surface area contributed by atoms with Crippen molar-refractivity contribution in [1.82, 2.24) is 14.1 Å². The predicted molar refractivity (Wildman–Crippen MR) is 171 cm³/mol. The molecule has 0 amide bonds. The maximum Gasteiger partial charge on any atom is 0.348 e. The molecule has 1 saturated heterocycles. The van der Waals surface area contributed by atoms with Crippen LogP contribution in [0.4, 0.5) is 4.39 Å². The van der Waals surface area contributed by atoms with Gasteiger partial charge in [-0.15, -0.1) is 0 Å². The number of pyridine rings is 1. The van der Waals surface area contributed by atoms with Gasteiger partial charge in [0.2, 0.25) is 11.7 Å². The molecule has 0 unspecified atom stereocenters. The van der Waals surface area contributed by atoms with Crippen molar-refractivity contribution in [2.75, 3.05) is 6.61 Å². The van der Waals surface area contributed by atoms with Crippen molar-refractivity contribution in [3.05, 3.63) is 110 Å². The van der Waals surface area contributed by atoms with Gasteiger partial charge in [-0.05, 0) is 12.1 Å². The van der Waals surface area contributed by atoms with E-state index in [1.54, 1.807) is 18.2 Å². The van der Waals surface area contributed by atoms with Crippen LogP contribution in [0, 0.1) is 5.82 Å². The zero-order valence-corrected chi connectivity index (χ0v) is 28.3. The van der Waals surface area contributed by atoms with Gasteiger partial charge in [0.15, 0.2) is 24.2 Å². The molecule has 3 aromatic heterocycles. The smallest absolute Gasteiger partial charge is 0.348 e. The highest BCUT2D eigenvalue weighted by atomic mass is 35.5. The van der Waals surface area contributed by atoms with Crippen molar-refractivity contribution in [2.24, 2.45) is 0 Å². The monoisotopic (exact) mass is 757 g/mol. The van der Waals surface area contributed by atoms with E-state index in [1.807, 2.05) is 0 Å². The molecule has 0 spiro atoms. The lowest BCUT2D eigenvalue weighted by molar-refractivity contribution is -0.166. The number of benzene rings is 1. The summed E-state index contributed by atoms with van der Waals surface area (Å²) in [6.07, 6.45) is -3.71. The van der Waals surface area contributed by atoms with Crippen molar-refractivity contribution in [1.29, 1.82) is 0 Å². The van der Waals surface area contributed by atoms with Gasteiger partial charge in [-0.25, -0.2) is 19.4 Å². The molecule has 5 rings (SSSR count). The molecule has 1 fully saturated rings. The molecule has 0 aliphatic carbocycles. The van der Waals surface area contributed by atoms with Crippen LogP contribution in [-0.2, 0) is 33.3 Å². The van der Waals surface area contributed by atoms with E-state index in [4.69, 9.17) is 44.4 Å². The summed E-state index contributed by atoms with van der Waals surface area (Å²) in [7, 11) is 0. The number of furan rings is 1. The third kappa shape index (κ3) is 8.37. The van der Waals surface area contributed by atoms with Gasteiger partial charge in [-0.2, -0.15) is 8.96 Å². The number of carbonyl (C=O) groups is 6. The lowest BCUT2D eigenvalue weighted by Gasteiger charge is -2.24. The van der Waals surface area contributed by atoms with Crippen LogP contribution in [0.2, 0.25) is 5.02 Å². The Morgan fingerprint density at radius 3 is 2.21 bits per heavy atom. The fourth-order valence-corrected chi connectivity index (χ4v) is 5.12. The van der Waals surface area contributed by atoms with E-state index < -0.39 is 101 Å². The third-order valence-corrected chi connectivity index (χ3v) is 7.49. The molecule has 4 atom stereocenters. The molecule has 4 aromatic rings. The normalized spacial score (nSPS) is 17.8. The van der Waals surface area contributed by atoms with E-state index in [9.17, 15) is 38.4 Å². The van der Waals surface area contributed by atoms with E-state index in [1.165, 1.54) is 12.1 Å². The molecule has 276 valence electrons. The Morgan fingerprint density at radius 2 is 1.55 bits per heavy atom. The first-order chi connectivity index (χ1) is 25.2. The third-order valence-electron chi connectivity index (χ3n) is 7.21. The van der Waals surface area contributed by atoms with E-state index in [-0.39, 0.29) is 20.9 Å². The van der Waals surface area contributed by atoms with Crippen LogP contribution in [0.3, 0.4) is 0 Å². The number of hydrogen-bond donors (Lipinski definition) is 0. The molecule has 53 heavy (non-hydrogen) atoms. The summed E-state index contributed by atoms with van der Waals surface area (Å²) in [4.78, 5) is 105. The zero-order chi connectivity index (χ0) is 38.6. The van der Waals surface area contributed by atoms with Crippen LogP contribution in [0.5, 0.6) is 11.6 Å². The van der Waals surface area contributed by atoms with Crippen LogP contribution >= 0.6 is 11.6 Å². The van der Waals surface area contributed by atoms with Crippen molar-refractivity contribution in [2.45, 2.75) is 45.3 Å². The molecule has 0 saturated carbocycles. The van der Waals surface area contributed by atoms with Crippen molar-refractivity contribution < 1.29 is 66.0 Å². The minimum atomic E-state index is -1.86. The van der Waals surface area contributed by atoms with Gasteiger partial charge in [0.1, 0.15) is 35.8 Å². The number of rotatable bonds is 10. The van der Waals surface area contributed by atoms with E-state index in [0.29, 0.717) is 17.0 Å². The molecule has 0 N–H and O–H groups in total. The SMILES string of the molecule is CC(=O)OC[C@H]1O[C@@H](n2cc(F)c(=O)n(C(=O)c3cocc3C(=O)Oc3cc(OC(=O)c4ccccc4)c(Cl)cn3)c2=O)[C@H](OC(C)=O)[C@@H]1OC(C)=O. The summed E-state index contributed by atoms with van der Waals surface area (Å²) in [5.41, 5.74) is -4.58. The Labute approximate surface area is 300 Å². The quantitative estimate of drug-likeness (QED) is 0.167. The maximum atomic E-state index is 15.2. The number of nitrogens with zero attached hydrogens (tertiary/aromatic N) is 3. The van der Waals surface area contributed by atoms with E-state index >= 15 is 4.39 Å². The largest absolute Gasteiger partial charge is 0.471 e. The molecule has 20 heteroatoms. The lowest BCUT2D eigenvalue weighted by atomic mass is 10.1. The first kappa shape index (κ1) is 37.8. The summed E-state index contributed by atoms with van der Waals surface area (Å²) < 4.78 is 51.9. The first-order valence-corrected chi connectivity index (χ1v) is 15.5. The summed E-state index contributed by atoms with van der Waals surface area (Å²) in [6.45, 7) is 2.44. The molecule has 0 bridgehead atoms. The van der Waals surface area contributed by atoms with Crippen molar-refractivity contribution in [3.8, 4) is 11.6 Å². The van der Waals surface area contributed by atoms with Gasteiger partial charge >= 0.3 is 35.5 Å². The molecule has 0 radical (unpaired) electrons. The summed E-state index contributed by atoms with van der Waals surface area (Å²) in [6, 6.07) is 8.84. The van der Waals surface area contributed by atoms with Crippen LogP contribution in [0.25, 0.3) is 0 Å². The molecular weight excluding hydrogens is 733 g/mol. The van der Waals surface area contributed by atoms with Gasteiger partial charge < -0.3 is 32.8 Å². The second-order valence-electron chi connectivity index (χ2n) is 10.9. The number of esters is 5. The highest BCUT2D eigenvalue weighted by molar-refractivity contribution is 6.32. The average molecular weight is 758 g/mol. The van der Waals surface area contributed by atoms with Gasteiger partial charge in [0.05, 0.1) is 23.5 Å². The highest BCUT2D eigenvalue weighted by Gasteiger charge is 2.51. The van der Waals surface area contributed by atoms with Gasteiger partial charge in [-0.1, -0.05) is 29.8 Å². The van der Waals surface area contributed by atoms with E-state index in [0.717, 1.165) is 39.3 Å². The van der Waals surface area contributed by atoms with Crippen molar-refractivity contribution >= 4 is 47.4 Å². The molecule has 1 aromatic carbocycles. The Kier molecular flexibility index (Phi) is 11.3. The second-order valence-corrected chi connectivity index (χ2v) is 11.3. The first-order valence-electron chi connectivity index (χ1n) is 15.1. The minimum Gasteiger partial charge on any atom is -0.471 e. The highest BCUT2D eigenvalue weighted by Crippen LogP contribution is 2.34. The number of hydrogen-bond acceptors (Lipinski definition) is 16. The minimum absolute atomic E-state index is 0.130. The van der Waals surface area contributed by atoms with Crippen molar-refractivity contribution in [3.63, 3.8) is 0 Å². The summed E-state index contributed by atoms with van der Waals surface area (Å²) in [5, 5.41) is -0.130. The Balaban J connectivity index is 1.46. The fraction of sp³-hybridized carbons (Fsp3) is 0.242.